The number of nitrogens with one attached hydrogen (secondary N) is 1. The topological polar surface area (TPSA) is 86.6 Å². The molecule has 1 heterocycles. The molecule has 0 saturated carbocycles. The Morgan fingerprint density at radius 2 is 1.81 bits per heavy atom. The van der Waals surface area contributed by atoms with Crippen molar-refractivity contribution in [2.45, 2.75) is 6.92 Å². The van der Waals surface area contributed by atoms with Crippen LogP contribution in [0.5, 0.6) is 5.75 Å². The van der Waals surface area contributed by atoms with Gasteiger partial charge in [-0.3, -0.25) is 15.0 Å². The van der Waals surface area contributed by atoms with Crippen LogP contribution < -0.4 is 15.7 Å². The number of pyridine rings is 1. The molecule has 7 nitrogen and oxygen atoms in total. The monoisotopic (exact) mass is 366 g/mol. The van der Waals surface area contributed by atoms with E-state index in [0.717, 1.165) is 10.2 Å². The Balaban J connectivity index is 1.85. The van der Waals surface area contributed by atoms with E-state index in [0.29, 0.717) is 16.5 Å². The van der Waals surface area contributed by atoms with Gasteiger partial charge in [0, 0.05) is 17.0 Å². The molecule has 0 bridgehead atoms. The number of carbonyl (C=O) groups is 2. The number of aromatic nitrogens is 1. The number of ether oxygens (including phenoxy) is 2. The van der Waals surface area contributed by atoms with Crippen LogP contribution in [0.2, 0.25) is 0 Å². The molecule has 0 atom stereocenters. The maximum Gasteiger partial charge on any atom is 0.340 e. The summed E-state index contributed by atoms with van der Waals surface area (Å²) in [5, 5.41) is 0.746. The van der Waals surface area contributed by atoms with Gasteiger partial charge in [0.15, 0.2) is 6.61 Å². The summed E-state index contributed by atoms with van der Waals surface area (Å²) in [7, 11) is 1.25. The summed E-state index contributed by atoms with van der Waals surface area (Å²) in [5.74, 6) is -0.596. The minimum Gasteiger partial charge on any atom is -0.484 e. The van der Waals surface area contributed by atoms with Gasteiger partial charge < -0.3 is 9.47 Å². The highest BCUT2D eigenvalue weighted by Crippen LogP contribution is 2.16. The Labute approximate surface area is 155 Å². The number of amides is 1. The highest BCUT2D eigenvalue weighted by atomic mass is 16.5. The zero-order valence-corrected chi connectivity index (χ0v) is 14.9. The molecule has 0 saturated heterocycles. The molecule has 0 radical (unpaired) electrons. The van der Waals surface area contributed by atoms with Crippen molar-refractivity contribution in [3.05, 3.63) is 76.2 Å². The number of aryl methyl sites for hydroxylation is 1. The van der Waals surface area contributed by atoms with Crippen LogP contribution in [0.25, 0.3) is 10.8 Å². The molecular formula is C20H18N2O5. The van der Waals surface area contributed by atoms with E-state index in [1.165, 1.54) is 13.3 Å². The molecule has 0 unspecified atom stereocenters. The fourth-order valence-corrected chi connectivity index (χ4v) is 2.67. The lowest BCUT2D eigenvalue weighted by Crippen LogP contribution is -2.36. The lowest BCUT2D eigenvalue weighted by atomic mass is 10.1. The Morgan fingerprint density at radius 1 is 1.07 bits per heavy atom. The fourth-order valence-electron chi connectivity index (χ4n) is 2.67. The van der Waals surface area contributed by atoms with E-state index < -0.39 is 17.4 Å². The van der Waals surface area contributed by atoms with Crippen LogP contribution in [-0.2, 0) is 9.53 Å². The molecule has 3 aromatic rings. The maximum absolute atomic E-state index is 12.6. The standard InChI is InChI=1S/C20H18N2O5/c1-13-6-5-7-14(10-13)27-12-18(23)21-22-11-17(20(25)26-2)15-8-3-4-9-16(15)19(22)24/h3-11H,12H2,1-2H3,(H,21,23). The zero-order valence-electron chi connectivity index (χ0n) is 14.9. The first-order valence-electron chi connectivity index (χ1n) is 8.21. The zero-order chi connectivity index (χ0) is 19.4. The van der Waals surface area contributed by atoms with Gasteiger partial charge in [0.1, 0.15) is 5.75 Å². The molecule has 0 fully saturated rings. The SMILES string of the molecule is COC(=O)c1cn(NC(=O)COc2cccc(C)c2)c(=O)c2ccccc12. The van der Waals surface area contributed by atoms with Crippen LogP contribution in [-0.4, -0.2) is 30.3 Å². The van der Waals surface area contributed by atoms with Crippen LogP contribution in [0, 0.1) is 6.92 Å². The third-order valence-corrected chi connectivity index (χ3v) is 3.93. The Morgan fingerprint density at radius 3 is 2.52 bits per heavy atom. The fraction of sp³-hybridized carbons (Fsp3) is 0.150. The number of rotatable bonds is 5. The smallest absolute Gasteiger partial charge is 0.340 e. The van der Waals surface area contributed by atoms with E-state index in [2.05, 4.69) is 5.43 Å². The lowest BCUT2D eigenvalue weighted by molar-refractivity contribution is -0.119. The van der Waals surface area contributed by atoms with Gasteiger partial charge in [-0.1, -0.05) is 30.3 Å². The van der Waals surface area contributed by atoms with Gasteiger partial charge in [0.05, 0.1) is 12.7 Å². The van der Waals surface area contributed by atoms with Crippen LogP contribution in [0.1, 0.15) is 15.9 Å². The average molecular weight is 366 g/mol. The number of hydrogen-bond acceptors (Lipinski definition) is 5. The Hall–Kier alpha value is -3.61. The second-order valence-corrected chi connectivity index (χ2v) is 5.90. The van der Waals surface area contributed by atoms with Gasteiger partial charge in [-0.05, 0) is 30.7 Å². The third-order valence-electron chi connectivity index (χ3n) is 3.93. The Bertz CT molecular complexity index is 1070. The summed E-state index contributed by atoms with van der Waals surface area (Å²) in [6.07, 6.45) is 1.25. The van der Waals surface area contributed by atoms with Crippen molar-refractivity contribution in [1.29, 1.82) is 0 Å². The molecule has 0 spiro atoms. The van der Waals surface area contributed by atoms with Crippen LogP contribution in [0.3, 0.4) is 0 Å². The third kappa shape index (κ3) is 3.98. The number of nitrogens with zero attached hydrogens (tertiary/aromatic N) is 1. The van der Waals surface area contributed by atoms with Gasteiger partial charge >= 0.3 is 5.97 Å². The Kier molecular flexibility index (Phi) is 5.21. The maximum atomic E-state index is 12.6. The van der Waals surface area contributed by atoms with Gasteiger partial charge in [-0.2, -0.15) is 0 Å². The molecule has 1 N–H and O–H groups in total. The molecule has 0 aliphatic rings. The molecule has 138 valence electrons. The molecule has 7 heteroatoms. The molecule has 0 aliphatic heterocycles. The van der Waals surface area contributed by atoms with Crippen LogP contribution >= 0.6 is 0 Å². The van der Waals surface area contributed by atoms with Crippen molar-refractivity contribution in [3.63, 3.8) is 0 Å². The average Bonchev–Trinajstić information content (AvgIpc) is 2.68. The van der Waals surface area contributed by atoms with Crippen molar-refractivity contribution in [3.8, 4) is 5.75 Å². The second-order valence-electron chi connectivity index (χ2n) is 5.90. The number of fused-ring (bicyclic) bond motifs is 1. The van der Waals surface area contributed by atoms with Crippen LogP contribution in [0.4, 0.5) is 0 Å². The van der Waals surface area contributed by atoms with Gasteiger partial charge in [0.2, 0.25) is 0 Å². The van der Waals surface area contributed by atoms with Crippen molar-refractivity contribution in [2.75, 3.05) is 19.1 Å². The number of carbonyl (C=O) groups excluding carboxylic acids is 2. The minimum absolute atomic E-state index is 0.174. The predicted molar refractivity (Wildman–Crippen MR) is 101 cm³/mol. The van der Waals surface area contributed by atoms with Crippen molar-refractivity contribution >= 4 is 22.6 Å². The quantitative estimate of drug-likeness (QED) is 0.700. The first-order valence-corrected chi connectivity index (χ1v) is 8.21. The second kappa shape index (κ2) is 7.74. The number of esters is 1. The first-order chi connectivity index (χ1) is 13.0. The summed E-state index contributed by atoms with van der Waals surface area (Å²) in [5.41, 5.74) is 3.16. The van der Waals surface area contributed by atoms with Gasteiger partial charge in [-0.25, -0.2) is 9.47 Å². The molecule has 27 heavy (non-hydrogen) atoms. The number of hydrogen-bond donors (Lipinski definition) is 1. The highest BCUT2D eigenvalue weighted by Gasteiger charge is 2.16. The lowest BCUT2D eigenvalue weighted by Gasteiger charge is -2.13. The van der Waals surface area contributed by atoms with E-state index >= 15 is 0 Å². The van der Waals surface area contributed by atoms with Crippen molar-refractivity contribution < 1.29 is 19.1 Å². The molecule has 1 amide bonds. The van der Waals surface area contributed by atoms with Crippen LogP contribution in [0.15, 0.2) is 59.5 Å². The summed E-state index contributed by atoms with van der Waals surface area (Å²) < 4.78 is 11.2. The summed E-state index contributed by atoms with van der Waals surface area (Å²) in [6, 6.07) is 13.9. The van der Waals surface area contributed by atoms with E-state index in [-0.39, 0.29) is 12.2 Å². The predicted octanol–water partition coefficient (Wildman–Crippen LogP) is 2.25. The van der Waals surface area contributed by atoms with Gasteiger partial charge in [-0.15, -0.1) is 0 Å². The molecule has 1 aromatic heterocycles. The van der Waals surface area contributed by atoms with E-state index in [1.54, 1.807) is 36.4 Å². The van der Waals surface area contributed by atoms with E-state index in [4.69, 9.17) is 9.47 Å². The van der Waals surface area contributed by atoms with Crippen molar-refractivity contribution in [2.24, 2.45) is 0 Å². The molecule has 0 aliphatic carbocycles. The summed E-state index contributed by atoms with van der Waals surface area (Å²) in [6.45, 7) is 1.63. The first kappa shape index (κ1) is 18.2. The number of methoxy groups -OCH3 is 1. The minimum atomic E-state index is -0.606. The molecular weight excluding hydrogens is 348 g/mol. The van der Waals surface area contributed by atoms with E-state index in [9.17, 15) is 14.4 Å². The molecule has 2 aromatic carbocycles. The molecule has 3 rings (SSSR count). The summed E-state index contributed by atoms with van der Waals surface area (Å²) >= 11 is 0. The largest absolute Gasteiger partial charge is 0.484 e. The van der Waals surface area contributed by atoms with Gasteiger partial charge in [0.25, 0.3) is 11.5 Å². The highest BCUT2D eigenvalue weighted by molar-refractivity contribution is 6.04. The normalized spacial score (nSPS) is 10.4. The number of benzene rings is 2. The summed E-state index contributed by atoms with van der Waals surface area (Å²) in [4.78, 5) is 36.8. The van der Waals surface area contributed by atoms with Crippen molar-refractivity contribution in [1.82, 2.24) is 4.68 Å². The van der Waals surface area contributed by atoms with E-state index in [1.807, 2.05) is 19.1 Å².